The molecular weight excluding hydrogens is 316 g/mol. The molecule has 0 aromatic heterocycles. The van der Waals surface area contributed by atoms with Crippen molar-refractivity contribution >= 4 is 22.0 Å². The van der Waals surface area contributed by atoms with Crippen molar-refractivity contribution in [2.75, 3.05) is 13.4 Å². The average molecular weight is 332 g/mol. The maximum Gasteiger partial charge on any atom is 0.306 e. The minimum absolute atomic E-state index is 0.135. The molecule has 0 unspecified atom stereocenters. The Balaban J connectivity index is 2.05. The average Bonchev–Trinajstić information content (AvgIpc) is 2.52. The predicted octanol–water partition coefficient (Wildman–Crippen LogP) is 2.93. The Kier molecular flexibility index (Phi) is 5.18. The second-order valence-corrected chi connectivity index (χ2v) is 6.36. The molecule has 2 aromatic carbocycles. The van der Waals surface area contributed by atoms with Crippen LogP contribution < -0.4 is 8.92 Å². The van der Waals surface area contributed by atoms with Crippen molar-refractivity contribution in [1.82, 2.24) is 0 Å². The smallest absolute Gasteiger partial charge is 0.306 e. The van der Waals surface area contributed by atoms with Crippen LogP contribution in [0, 0.1) is 0 Å². The first kappa shape index (κ1) is 16.8. The van der Waals surface area contributed by atoms with Crippen LogP contribution in [-0.4, -0.2) is 27.6 Å². The van der Waals surface area contributed by atoms with E-state index in [1.54, 1.807) is 49.6 Å². The Hall–Kier alpha value is -2.60. The zero-order valence-electron chi connectivity index (χ0n) is 12.7. The van der Waals surface area contributed by atoms with Crippen molar-refractivity contribution in [3.63, 3.8) is 0 Å². The Morgan fingerprint density at radius 1 is 0.957 bits per heavy atom. The highest BCUT2D eigenvalue weighted by Crippen LogP contribution is 2.16. The molecule has 6 heteroatoms. The molecule has 0 fully saturated rings. The van der Waals surface area contributed by atoms with Crippen LogP contribution in [-0.2, 0) is 10.1 Å². The molecule has 23 heavy (non-hydrogen) atoms. The number of methoxy groups -OCH3 is 1. The van der Waals surface area contributed by atoms with Crippen molar-refractivity contribution in [3.05, 3.63) is 65.7 Å². The molecule has 0 radical (unpaired) electrons. The summed E-state index contributed by atoms with van der Waals surface area (Å²) in [4.78, 5) is 12.0. The van der Waals surface area contributed by atoms with E-state index in [1.165, 1.54) is 18.2 Å². The standard InChI is InChI=1S/C17H16O5S/c1-21-15-10-6-14(7-11-15)17(18)12-5-13-3-8-16(9-4-13)22-23(2,19)20/h3-12H,1-2H3/b12-5+. The first-order chi connectivity index (χ1) is 10.9. The van der Waals surface area contributed by atoms with Gasteiger partial charge in [-0.1, -0.05) is 18.2 Å². The Labute approximate surface area is 135 Å². The van der Waals surface area contributed by atoms with E-state index in [0.717, 1.165) is 11.8 Å². The van der Waals surface area contributed by atoms with Gasteiger partial charge in [-0.15, -0.1) is 0 Å². The number of rotatable bonds is 6. The monoisotopic (exact) mass is 332 g/mol. The molecule has 0 aliphatic carbocycles. The molecule has 0 atom stereocenters. The summed E-state index contributed by atoms with van der Waals surface area (Å²) in [5.74, 6) is 0.780. The van der Waals surface area contributed by atoms with Gasteiger partial charge < -0.3 is 8.92 Å². The molecule has 0 saturated carbocycles. The molecule has 2 rings (SSSR count). The summed E-state index contributed by atoms with van der Waals surface area (Å²) >= 11 is 0. The number of carbonyl (C=O) groups excluding carboxylic acids is 1. The third-order valence-corrected chi connectivity index (χ3v) is 3.42. The Bertz CT molecular complexity index is 803. The van der Waals surface area contributed by atoms with Gasteiger partial charge in [0.15, 0.2) is 5.78 Å². The number of hydrogen-bond acceptors (Lipinski definition) is 5. The number of carbonyl (C=O) groups is 1. The third-order valence-electron chi connectivity index (χ3n) is 2.93. The van der Waals surface area contributed by atoms with Crippen molar-refractivity contribution in [3.8, 4) is 11.5 Å². The van der Waals surface area contributed by atoms with Gasteiger partial charge in [0.1, 0.15) is 11.5 Å². The van der Waals surface area contributed by atoms with Gasteiger partial charge in [0.2, 0.25) is 0 Å². The highest BCUT2D eigenvalue weighted by Gasteiger charge is 2.04. The fourth-order valence-corrected chi connectivity index (χ4v) is 2.29. The highest BCUT2D eigenvalue weighted by atomic mass is 32.2. The van der Waals surface area contributed by atoms with Crippen molar-refractivity contribution in [2.45, 2.75) is 0 Å². The van der Waals surface area contributed by atoms with Gasteiger partial charge in [-0.05, 0) is 48.0 Å². The van der Waals surface area contributed by atoms with Gasteiger partial charge in [-0.25, -0.2) is 0 Å². The SMILES string of the molecule is COc1ccc(C(=O)/C=C/c2ccc(OS(C)(=O)=O)cc2)cc1. The molecule has 0 aliphatic heterocycles. The summed E-state index contributed by atoms with van der Waals surface area (Å²) in [6.45, 7) is 0. The van der Waals surface area contributed by atoms with E-state index in [-0.39, 0.29) is 11.5 Å². The van der Waals surface area contributed by atoms with Gasteiger partial charge in [0.05, 0.1) is 13.4 Å². The van der Waals surface area contributed by atoms with E-state index < -0.39 is 10.1 Å². The van der Waals surface area contributed by atoms with Crippen molar-refractivity contribution in [2.24, 2.45) is 0 Å². The van der Waals surface area contributed by atoms with Crippen LogP contribution in [0.15, 0.2) is 54.6 Å². The van der Waals surface area contributed by atoms with Crippen LogP contribution in [0.2, 0.25) is 0 Å². The lowest BCUT2D eigenvalue weighted by Crippen LogP contribution is -2.05. The summed E-state index contributed by atoms with van der Waals surface area (Å²) in [7, 11) is -1.98. The van der Waals surface area contributed by atoms with Crippen molar-refractivity contribution in [1.29, 1.82) is 0 Å². The lowest BCUT2D eigenvalue weighted by Gasteiger charge is -2.02. The first-order valence-electron chi connectivity index (χ1n) is 6.73. The topological polar surface area (TPSA) is 69.7 Å². The minimum Gasteiger partial charge on any atom is -0.497 e. The third kappa shape index (κ3) is 5.27. The normalized spacial score (nSPS) is 11.4. The van der Waals surface area contributed by atoms with Crippen LogP contribution in [0.1, 0.15) is 15.9 Å². The van der Waals surface area contributed by atoms with E-state index in [9.17, 15) is 13.2 Å². The molecule has 120 valence electrons. The summed E-state index contributed by atoms with van der Waals surface area (Å²) in [6, 6.07) is 13.2. The number of allylic oxidation sites excluding steroid dienone is 1. The van der Waals surface area contributed by atoms with E-state index >= 15 is 0 Å². The molecule has 0 N–H and O–H groups in total. The van der Waals surface area contributed by atoms with E-state index in [2.05, 4.69) is 0 Å². The lowest BCUT2D eigenvalue weighted by atomic mass is 10.1. The summed E-state index contributed by atoms with van der Waals surface area (Å²) < 4.78 is 31.8. The molecule has 2 aromatic rings. The van der Waals surface area contributed by atoms with E-state index in [4.69, 9.17) is 8.92 Å². The maximum absolute atomic E-state index is 12.0. The molecule has 0 aliphatic rings. The number of ketones is 1. The zero-order chi connectivity index (χ0) is 16.9. The largest absolute Gasteiger partial charge is 0.497 e. The Morgan fingerprint density at radius 3 is 2.04 bits per heavy atom. The number of benzene rings is 2. The van der Waals surface area contributed by atoms with Gasteiger partial charge in [0, 0.05) is 5.56 Å². The second-order valence-electron chi connectivity index (χ2n) is 4.78. The van der Waals surface area contributed by atoms with E-state index in [1.807, 2.05) is 0 Å². The molecule has 0 saturated heterocycles. The molecule has 5 nitrogen and oxygen atoms in total. The lowest BCUT2D eigenvalue weighted by molar-refractivity contribution is 0.104. The second kappa shape index (κ2) is 7.11. The first-order valence-corrected chi connectivity index (χ1v) is 8.55. The van der Waals surface area contributed by atoms with Crippen LogP contribution >= 0.6 is 0 Å². The number of hydrogen-bond donors (Lipinski definition) is 0. The summed E-state index contributed by atoms with van der Waals surface area (Å²) in [6.07, 6.45) is 4.08. The fourth-order valence-electron chi connectivity index (χ4n) is 1.83. The predicted molar refractivity (Wildman–Crippen MR) is 88.3 cm³/mol. The summed E-state index contributed by atoms with van der Waals surface area (Å²) in [5.41, 5.74) is 1.31. The van der Waals surface area contributed by atoms with Gasteiger partial charge in [0.25, 0.3) is 0 Å². The van der Waals surface area contributed by atoms with Crippen molar-refractivity contribution < 1.29 is 22.1 Å². The molecule has 0 spiro atoms. The van der Waals surface area contributed by atoms with Crippen LogP contribution in [0.25, 0.3) is 6.08 Å². The molecule has 0 heterocycles. The quantitative estimate of drug-likeness (QED) is 0.462. The Morgan fingerprint density at radius 2 is 1.52 bits per heavy atom. The van der Waals surface area contributed by atoms with Crippen LogP contribution in [0.4, 0.5) is 0 Å². The molecule has 0 amide bonds. The van der Waals surface area contributed by atoms with E-state index in [0.29, 0.717) is 11.3 Å². The zero-order valence-corrected chi connectivity index (χ0v) is 13.5. The van der Waals surface area contributed by atoms with Crippen LogP contribution in [0.3, 0.4) is 0 Å². The van der Waals surface area contributed by atoms with Gasteiger partial charge >= 0.3 is 10.1 Å². The minimum atomic E-state index is -3.54. The maximum atomic E-state index is 12.0. The summed E-state index contributed by atoms with van der Waals surface area (Å²) in [5, 5.41) is 0. The number of ether oxygens (including phenoxy) is 1. The van der Waals surface area contributed by atoms with Gasteiger partial charge in [-0.3, -0.25) is 4.79 Å². The van der Waals surface area contributed by atoms with Gasteiger partial charge in [-0.2, -0.15) is 8.42 Å². The fraction of sp³-hybridized carbons (Fsp3) is 0.118. The highest BCUT2D eigenvalue weighted by molar-refractivity contribution is 7.86. The molecular formula is C17H16O5S. The van der Waals surface area contributed by atoms with Crippen LogP contribution in [0.5, 0.6) is 11.5 Å². The molecule has 0 bridgehead atoms.